The fourth-order valence-electron chi connectivity index (χ4n) is 0.732. The standard InChI is InChI=1S/C6H3Cl6N3O2/c7-5(8,9)1-13-3-14-2(6(10,11)12)17-4(16)15-3/h1-2H,(H,14,15,16)/t2-/m0/s1. The molecule has 1 aliphatic heterocycles. The lowest BCUT2D eigenvalue weighted by Crippen LogP contribution is -2.43. The Morgan fingerprint density at radius 3 is 2.35 bits per heavy atom. The van der Waals surface area contributed by atoms with Crippen LogP contribution >= 0.6 is 69.6 Å². The summed E-state index contributed by atoms with van der Waals surface area (Å²) in [5.41, 5.74) is 0. The number of hydrogen-bond donors (Lipinski definition) is 1. The molecule has 0 aromatic rings. The summed E-state index contributed by atoms with van der Waals surface area (Å²) in [5, 5.41) is 2.13. The average molecular weight is 362 g/mol. The summed E-state index contributed by atoms with van der Waals surface area (Å²) in [6.07, 6.45) is -1.28. The highest BCUT2D eigenvalue weighted by Crippen LogP contribution is 2.34. The van der Waals surface area contributed by atoms with Crippen LogP contribution in [-0.4, -0.2) is 32.1 Å². The summed E-state index contributed by atoms with van der Waals surface area (Å²) in [5.74, 6) is -0.191. The molecule has 17 heavy (non-hydrogen) atoms. The fraction of sp³-hybridized carbons (Fsp3) is 0.500. The third kappa shape index (κ3) is 5.68. The van der Waals surface area contributed by atoms with Crippen molar-refractivity contribution >= 4 is 87.9 Å². The largest absolute Gasteiger partial charge is 0.418 e. The van der Waals surface area contributed by atoms with E-state index in [9.17, 15) is 4.79 Å². The molecular formula is C6H3Cl6N3O2. The molecule has 1 rings (SSSR count). The molecule has 0 saturated carbocycles. The Morgan fingerprint density at radius 2 is 1.88 bits per heavy atom. The molecule has 0 aliphatic carbocycles. The molecule has 0 fully saturated rings. The number of nitrogens with zero attached hydrogens (tertiary/aromatic N) is 2. The lowest BCUT2D eigenvalue weighted by atomic mass is 10.6. The van der Waals surface area contributed by atoms with Gasteiger partial charge in [-0.2, -0.15) is 0 Å². The maximum absolute atomic E-state index is 11.1. The van der Waals surface area contributed by atoms with Gasteiger partial charge in [-0.25, -0.2) is 14.8 Å². The molecule has 0 aromatic carbocycles. The van der Waals surface area contributed by atoms with Gasteiger partial charge in [0.15, 0.2) is 0 Å². The Bertz CT molecular complexity index is 371. The molecule has 1 heterocycles. The number of amides is 1. The normalized spacial score (nSPS) is 22.1. The molecule has 5 nitrogen and oxygen atoms in total. The van der Waals surface area contributed by atoms with Crippen molar-refractivity contribution in [1.82, 2.24) is 5.32 Å². The Hall–Kier alpha value is 0.350. The van der Waals surface area contributed by atoms with Crippen LogP contribution in [-0.2, 0) is 4.74 Å². The van der Waals surface area contributed by atoms with Gasteiger partial charge in [0.05, 0.1) is 6.21 Å². The minimum absolute atomic E-state index is 0.191. The summed E-state index contributed by atoms with van der Waals surface area (Å²) in [7, 11) is 0. The average Bonchev–Trinajstić information content (AvgIpc) is 2.11. The van der Waals surface area contributed by atoms with E-state index < -0.39 is 19.9 Å². The van der Waals surface area contributed by atoms with E-state index >= 15 is 0 Å². The van der Waals surface area contributed by atoms with Crippen LogP contribution in [0.3, 0.4) is 0 Å². The van der Waals surface area contributed by atoms with E-state index in [1.807, 2.05) is 0 Å². The number of halogens is 6. The van der Waals surface area contributed by atoms with Crippen molar-refractivity contribution < 1.29 is 9.53 Å². The number of rotatable bonds is 0. The van der Waals surface area contributed by atoms with Gasteiger partial charge in [0.1, 0.15) is 0 Å². The molecule has 0 saturated heterocycles. The zero-order valence-corrected chi connectivity index (χ0v) is 12.2. The third-order valence-corrected chi connectivity index (χ3v) is 2.14. The smallest absolute Gasteiger partial charge is 0.416 e. The van der Waals surface area contributed by atoms with E-state index in [4.69, 9.17) is 69.6 Å². The van der Waals surface area contributed by atoms with Gasteiger partial charge in [-0.1, -0.05) is 69.6 Å². The zero-order chi connectivity index (χ0) is 13.3. The van der Waals surface area contributed by atoms with Gasteiger partial charge in [-0.3, -0.25) is 5.32 Å². The van der Waals surface area contributed by atoms with E-state index in [0.29, 0.717) is 0 Å². The Balaban J connectivity index is 2.88. The molecule has 96 valence electrons. The number of aliphatic imine (C=N–C) groups is 2. The van der Waals surface area contributed by atoms with Crippen LogP contribution in [0.4, 0.5) is 4.79 Å². The van der Waals surface area contributed by atoms with Gasteiger partial charge in [-0.15, -0.1) is 0 Å². The van der Waals surface area contributed by atoms with Crippen molar-refractivity contribution in [3.05, 3.63) is 0 Å². The molecule has 0 bridgehead atoms. The topological polar surface area (TPSA) is 63.0 Å². The molecule has 1 atom stereocenters. The van der Waals surface area contributed by atoms with Crippen LogP contribution in [0, 0.1) is 0 Å². The van der Waals surface area contributed by atoms with E-state index in [-0.39, 0.29) is 5.96 Å². The molecule has 11 heteroatoms. The minimum Gasteiger partial charge on any atom is -0.418 e. The highest BCUT2D eigenvalue weighted by molar-refractivity contribution is 6.74. The van der Waals surface area contributed by atoms with E-state index in [2.05, 4.69) is 20.0 Å². The summed E-state index contributed by atoms with van der Waals surface area (Å²) in [6.45, 7) is 0. The lowest BCUT2D eigenvalue weighted by Gasteiger charge is -2.24. The molecule has 1 N–H and O–H groups in total. The number of cyclic esters (lactones) is 1. The first-order valence-corrected chi connectivity index (χ1v) is 6.09. The number of carbonyl (C=O) groups is 1. The van der Waals surface area contributed by atoms with Gasteiger partial charge in [0, 0.05) is 0 Å². The van der Waals surface area contributed by atoms with Gasteiger partial charge in [-0.05, 0) is 0 Å². The van der Waals surface area contributed by atoms with Gasteiger partial charge >= 0.3 is 6.09 Å². The second kappa shape index (κ2) is 5.55. The number of carbonyl (C=O) groups excluding carboxylic acids is 1. The van der Waals surface area contributed by atoms with Crippen LogP contribution in [0.15, 0.2) is 9.98 Å². The summed E-state index contributed by atoms with van der Waals surface area (Å²) >= 11 is 32.8. The SMILES string of the molecule is O=C1NC(N=CC(Cl)(Cl)Cl)=N[C@H](C(Cl)(Cl)Cl)O1. The van der Waals surface area contributed by atoms with Crippen LogP contribution in [0.1, 0.15) is 0 Å². The third-order valence-electron chi connectivity index (χ3n) is 1.29. The Kier molecular flexibility index (Phi) is 5.03. The fourth-order valence-corrected chi connectivity index (χ4v) is 1.16. The number of ether oxygens (including phenoxy) is 1. The first-order chi connectivity index (χ1) is 7.58. The molecule has 0 unspecified atom stereocenters. The second-order valence-corrected chi connectivity index (χ2v) is 7.41. The maximum Gasteiger partial charge on any atom is 0.416 e. The highest BCUT2D eigenvalue weighted by atomic mass is 35.6. The van der Waals surface area contributed by atoms with Crippen molar-refractivity contribution in [2.45, 2.75) is 13.8 Å². The van der Waals surface area contributed by atoms with Crippen molar-refractivity contribution in [1.29, 1.82) is 0 Å². The number of hydrogen-bond acceptors (Lipinski definition) is 4. The lowest BCUT2D eigenvalue weighted by molar-refractivity contribution is 0.101. The van der Waals surface area contributed by atoms with Crippen molar-refractivity contribution in [3.63, 3.8) is 0 Å². The molecule has 1 aliphatic rings. The molecular weight excluding hydrogens is 359 g/mol. The monoisotopic (exact) mass is 359 g/mol. The first kappa shape index (κ1) is 15.4. The van der Waals surface area contributed by atoms with Crippen molar-refractivity contribution in [2.75, 3.05) is 0 Å². The van der Waals surface area contributed by atoms with E-state index in [1.54, 1.807) is 0 Å². The molecule has 0 radical (unpaired) electrons. The Labute approximate surface area is 126 Å². The summed E-state index contributed by atoms with van der Waals surface area (Å²) in [6, 6.07) is 0. The molecule has 0 aromatic heterocycles. The first-order valence-electron chi connectivity index (χ1n) is 3.82. The van der Waals surface area contributed by atoms with Gasteiger partial charge in [0.25, 0.3) is 0 Å². The minimum atomic E-state index is -1.92. The van der Waals surface area contributed by atoms with Crippen LogP contribution in [0.2, 0.25) is 0 Å². The van der Waals surface area contributed by atoms with Crippen molar-refractivity contribution in [2.24, 2.45) is 9.98 Å². The molecule has 1 amide bonds. The van der Waals surface area contributed by atoms with E-state index in [1.165, 1.54) is 0 Å². The number of alkyl carbamates (subject to hydrolysis) is 1. The van der Waals surface area contributed by atoms with Crippen LogP contribution in [0.25, 0.3) is 0 Å². The highest BCUT2D eigenvalue weighted by Gasteiger charge is 2.39. The van der Waals surface area contributed by atoms with Gasteiger partial charge < -0.3 is 4.74 Å². The number of guanidine groups is 1. The van der Waals surface area contributed by atoms with Crippen LogP contribution in [0.5, 0.6) is 0 Å². The zero-order valence-electron chi connectivity index (χ0n) is 7.63. The molecule has 0 spiro atoms. The predicted octanol–water partition coefficient (Wildman–Crippen LogP) is 3.22. The number of nitrogens with one attached hydrogen (secondary N) is 1. The van der Waals surface area contributed by atoms with Crippen molar-refractivity contribution in [3.8, 4) is 0 Å². The summed E-state index contributed by atoms with van der Waals surface area (Å²) in [4.78, 5) is 18.4. The maximum atomic E-state index is 11.1. The summed E-state index contributed by atoms with van der Waals surface area (Å²) < 4.78 is 0.953. The van der Waals surface area contributed by atoms with E-state index in [0.717, 1.165) is 6.21 Å². The number of alkyl halides is 6. The quantitative estimate of drug-likeness (QED) is 0.532. The Morgan fingerprint density at radius 1 is 1.29 bits per heavy atom. The van der Waals surface area contributed by atoms with Crippen LogP contribution < -0.4 is 5.32 Å². The predicted molar refractivity (Wildman–Crippen MR) is 69.9 cm³/mol. The second-order valence-electron chi connectivity index (χ2n) is 2.68. The van der Waals surface area contributed by atoms with Gasteiger partial charge in [0.2, 0.25) is 19.8 Å².